The van der Waals surface area contributed by atoms with Gasteiger partial charge in [-0.3, -0.25) is 4.40 Å². The van der Waals surface area contributed by atoms with Gasteiger partial charge in [-0.05, 0) is 38.1 Å². The number of aliphatic hydroxyl groups is 1. The molecule has 0 aliphatic heterocycles. The van der Waals surface area contributed by atoms with Crippen LogP contribution in [0.15, 0.2) is 55.4 Å². The number of imidazole rings is 2. The van der Waals surface area contributed by atoms with Gasteiger partial charge in [0, 0.05) is 29.7 Å². The molecule has 0 spiro atoms. The molecule has 4 aromatic rings. The van der Waals surface area contributed by atoms with Crippen molar-refractivity contribution in [1.82, 2.24) is 18.9 Å². The summed E-state index contributed by atoms with van der Waals surface area (Å²) in [4.78, 5) is 8.17. The SMILES string of the molecule is CC(C)(O)c1ccn2c(-c3ccc(F)cc3-n3ccnc3)cnc2c1F. The molecule has 0 fully saturated rings. The maximum Gasteiger partial charge on any atom is 0.174 e. The minimum atomic E-state index is -1.32. The largest absolute Gasteiger partial charge is 0.386 e. The molecule has 0 aliphatic rings. The van der Waals surface area contributed by atoms with E-state index in [1.807, 2.05) is 0 Å². The van der Waals surface area contributed by atoms with Crippen LogP contribution in [0, 0.1) is 11.6 Å². The first-order valence-electron chi connectivity index (χ1n) is 8.03. The third kappa shape index (κ3) is 2.57. The summed E-state index contributed by atoms with van der Waals surface area (Å²) in [5, 5.41) is 10.1. The van der Waals surface area contributed by atoms with Crippen molar-refractivity contribution in [2.75, 3.05) is 0 Å². The zero-order valence-electron chi connectivity index (χ0n) is 14.2. The highest BCUT2D eigenvalue weighted by Crippen LogP contribution is 2.31. The fourth-order valence-electron chi connectivity index (χ4n) is 3.03. The topological polar surface area (TPSA) is 55.4 Å². The van der Waals surface area contributed by atoms with Crippen molar-refractivity contribution in [3.05, 3.63) is 72.6 Å². The van der Waals surface area contributed by atoms with Crippen molar-refractivity contribution < 1.29 is 13.9 Å². The molecule has 5 nitrogen and oxygen atoms in total. The third-order valence-corrected chi connectivity index (χ3v) is 4.30. The molecular weight excluding hydrogens is 338 g/mol. The Labute approximate surface area is 148 Å². The second-order valence-corrected chi connectivity index (χ2v) is 6.57. The van der Waals surface area contributed by atoms with Crippen LogP contribution >= 0.6 is 0 Å². The number of hydrogen-bond acceptors (Lipinski definition) is 3. The zero-order valence-corrected chi connectivity index (χ0v) is 14.2. The summed E-state index contributed by atoms with van der Waals surface area (Å²) in [5.41, 5.74) is 0.778. The van der Waals surface area contributed by atoms with Gasteiger partial charge in [0.2, 0.25) is 0 Å². The van der Waals surface area contributed by atoms with Crippen LogP contribution in [0.3, 0.4) is 0 Å². The zero-order chi connectivity index (χ0) is 18.5. The summed E-state index contributed by atoms with van der Waals surface area (Å²) < 4.78 is 31.9. The van der Waals surface area contributed by atoms with Crippen LogP contribution < -0.4 is 0 Å². The Morgan fingerprint density at radius 1 is 1.12 bits per heavy atom. The molecule has 4 rings (SSSR count). The Morgan fingerprint density at radius 3 is 2.62 bits per heavy atom. The molecule has 26 heavy (non-hydrogen) atoms. The smallest absolute Gasteiger partial charge is 0.174 e. The molecule has 0 unspecified atom stereocenters. The number of fused-ring (bicyclic) bond motifs is 1. The van der Waals surface area contributed by atoms with Crippen molar-refractivity contribution in [2.24, 2.45) is 0 Å². The number of pyridine rings is 1. The first-order valence-corrected chi connectivity index (χ1v) is 8.03. The average Bonchev–Trinajstić information content (AvgIpc) is 3.24. The predicted octanol–water partition coefficient (Wildman–Crippen LogP) is 3.69. The Balaban J connectivity index is 1.96. The van der Waals surface area contributed by atoms with Crippen LogP contribution in [0.1, 0.15) is 19.4 Å². The molecule has 0 amide bonds. The Hall–Kier alpha value is -3.06. The highest BCUT2D eigenvalue weighted by Gasteiger charge is 2.24. The lowest BCUT2D eigenvalue weighted by Gasteiger charge is -2.19. The molecule has 0 saturated carbocycles. The van der Waals surface area contributed by atoms with E-state index in [0.29, 0.717) is 16.9 Å². The molecule has 7 heteroatoms. The summed E-state index contributed by atoms with van der Waals surface area (Å²) >= 11 is 0. The van der Waals surface area contributed by atoms with Crippen LogP contribution in [-0.2, 0) is 5.60 Å². The Bertz CT molecular complexity index is 1090. The number of aromatic nitrogens is 4. The fourth-order valence-corrected chi connectivity index (χ4v) is 3.03. The van der Waals surface area contributed by atoms with Crippen LogP contribution in [0.5, 0.6) is 0 Å². The number of rotatable bonds is 3. The molecule has 0 aliphatic carbocycles. The van der Waals surface area contributed by atoms with E-state index in [-0.39, 0.29) is 17.0 Å². The van der Waals surface area contributed by atoms with E-state index in [9.17, 15) is 13.9 Å². The summed E-state index contributed by atoms with van der Waals surface area (Å²) in [6.07, 6.45) is 8.04. The summed E-state index contributed by atoms with van der Waals surface area (Å²) in [6, 6.07) is 5.87. The molecular formula is C19H16F2N4O. The van der Waals surface area contributed by atoms with E-state index in [1.54, 1.807) is 40.0 Å². The number of benzene rings is 1. The first kappa shape index (κ1) is 16.4. The standard InChI is InChI=1S/C19H16F2N4O/c1-19(2,26)14-5-7-25-16(10-23-18(25)17(14)21)13-4-3-12(20)9-15(13)24-8-6-22-11-24/h3-11,26H,1-2H3. The molecule has 0 atom stereocenters. The monoisotopic (exact) mass is 354 g/mol. The lowest BCUT2D eigenvalue weighted by Crippen LogP contribution is -2.18. The summed E-state index contributed by atoms with van der Waals surface area (Å²) in [6.45, 7) is 3.03. The van der Waals surface area contributed by atoms with Crippen LogP contribution in [0.25, 0.3) is 22.6 Å². The Morgan fingerprint density at radius 2 is 1.92 bits per heavy atom. The number of hydrogen-bond donors (Lipinski definition) is 1. The van der Waals surface area contributed by atoms with E-state index in [4.69, 9.17) is 0 Å². The second-order valence-electron chi connectivity index (χ2n) is 6.57. The van der Waals surface area contributed by atoms with Gasteiger partial charge >= 0.3 is 0 Å². The van der Waals surface area contributed by atoms with Crippen molar-refractivity contribution in [3.63, 3.8) is 0 Å². The fraction of sp³-hybridized carbons (Fsp3) is 0.158. The average molecular weight is 354 g/mol. The van der Waals surface area contributed by atoms with Gasteiger partial charge in [0.15, 0.2) is 11.5 Å². The molecule has 1 N–H and O–H groups in total. The summed E-state index contributed by atoms with van der Waals surface area (Å²) in [7, 11) is 0. The van der Waals surface area contributed by atoms with Gasteiger partial charge in [-0.15, -0.1) is 0 Å². The van der Waals surface area contributed by atoms with Crippen molar-refractivity contribution in [3.8, 4) is 16.9 Å². The van der Waals surface area contributed by atoms with Crippen molar-refractivity contribution in [2.45, 2.75) is 19.4 Å². The van der Waals surface area contributed by atoms with E-state index in [0.717, 1.165) is 0 Å². The molecule has 1 aromatic carbocycles. The minimum Gasteiger partial charge on any atom is -0.386 e. The second kappa shape index (κ2) is 5.74. The molecule has 0 radical (unpaired) electrons. The lowest BCUT2D eigenvalue weighted by atomic mass is 9.99. The van der Waals surface area contributed by atoms with Gasteiger partial charge in [0.1, 0.15) is 5.82 Å². The van der Waals surface area contributed by atoms with Gasteiger partial charge in [0.25, 0.3) is 0 Å². The minimum absolute atomic E-state index is 0.0977. The van der Waals surface area contributed by atoms with E-state index in [1.165, 1.54) is 38.2 Å². The lowest BCUT2D eigenvalue weighted by molar-refractivity contribution is 0.0746. The van der Waals surface area contributed by atoms with Gasteiger partial charge in [0.05, 0.1) is 29.5 Å². The first-order chi connectivity index (χ1) is 12.4. The van der Waals surface area contributed by atoms with E-state index >= 15 is 0 Å². The van der Waals surface area contributed by atoms with Crippen LogP contribution in [-0.4, -0.2) is 24.0 Å². The van der Waals surface area contributed by atoms with Gasteiger partial charge in [-0.1, -0.05) is 0 Å². The molecule has 3 heterocycles. The third-order valence-electron chi connectivity index (χ3n) is 4.30. The quantitative estimate of drug-likeness (QED) is 0.610. The number of nitrogens with zero attached hydrogens (tertiary/aromatic N) is 4. The van der Waals surface area contributed by atoms with Crippen LogP contribution in [0.2, 0.25) is 0 Å². The Kier molecular flexibility index (Phi) is 3.62. The van der Waals surface area contributed by atoms with Gasteiger partial charge < -0.3 is 9.67 Å². The predicted molar refractivity (Wildman–Crippen MR) is 92.9 cm³/mol. The summed E-state index contributed by atoms with van der Waals surface area (Å²) in [5.74, 6) is -0.973. The normalized spacial score (nSPS) is 12.0. The number of halogens is 2. The van der Waals surface area contributed by atoms with Crippen LogP contribution in [0.4, 0.5) is 8.78 Å². The van der Waals surface area contributed by atoms with E-state index < -0.39 is 11.4 Å². The van der Waals surface area contributed by atoms with Crippen molar-refractivity contribution in [1.29, 1.82) is 0 Å². The van der Waals surface area contributed by atoms with Crippen molar-refractivity contribution >= 4 is 5.65 Å². The van der Waals surface area contributed by atoms with Gasteiger partial charge in [-0.2, -0.15) is 0 Å². The van der Waals surface area contributed by atoms with Gasteiger partial charge in [-0.25, -0.2) is 18.7 Å². The highest BCUT2D eigenvalue weighted by atomic mass is 19.1. The molecule has 132 valence electrons. The van der Waals surface area contributed by atoms with E-state index in [2.05, 4.69) is 9.97 Å². The highest BCUT2D eigenvalue weighted by molar-refractivity contribution is 5.73. The molecule has 3 aromatic heterocycles. The molecule has 0 bridgehead atoms. The molecule has 0 saturated heterocycles. The maximum atomic E-state index is 14.8. The maximum absolute atomic E-state index is 14.8.